The summed E-state index contributed by atoms with van der Waals surface area (Å²) in [5, 5.41) is 0. The number of aromatic nitrogens is 6. The summed E-state index contributed by atoms with van der Waals surface area (Å²) in [7, 11) is 3.57. The van der Waals surface area contributed by atoms with Gasteiger partial charge in [-0.3, -0.25) is 0 Å². The van der Waals surface area contributed by atoms with Crippen LogP contribution in [0.3, 0.4) is 0 Å². The zero-order chi connectivity index (χ0) is 16.5. The molecule has 3 aromatic rings. The molecule has 1 aliphatic heterocycles. The number of methoxy groups -OCH3 is 1. The number of rotatable bonds is 3. The molecule has 124 valence electrons. The standard InChI is InChI=1S/C15H18N8O/c1-21-10-19-13-12(21)14(18-9-17-13)22-5-7-23(8-6-22)15-16-4-3-11(20-15)24-2/h3-4,9-10H,5-8H2,1-2H3. The van der Waals surface area contributed by atoms with Crippen LogP contribution < -0.4 is 14.5 Å². The van der Waals surface area contributed by atoms with Gasteiger partial charge in [-0.05, 0) is 0 Å². The average molecular weight is 326 g/mol. The topological polar surface area (TPSA) is 85.1 Å². The highest BCUT2D eigenvalue weighted by atomic mass is 16.5. The molecule has 0 aromatic carbocycles. The molecule has 24 heavy (non-hydrogen) atoms. The van der Waals surface area contributed by atoms with E-state index in [1.165, 1.54) is 0 Å². The molecule has 0 unspecified atom stereocenters. The Morgan fingerprint density at radius 1 is 1.00 bits per heavy atom. The second kappa shape index (κ2) is 5.91. The lowest BCUT2D eigenvalue weighted by atomic mass is 10.3. The third kappa shape index (κ3) is 2.47. The smallest absolute Gasteiger partial charge is 0.228 e. The fourth-order valence-corrected chi connectivity index (χ4v) is 2.92. The molecule has 0 radical (unpaired) electrons. The molecule has 0 atom stereocenters. The summed E-state index contributed by atoms with van der Waals surface area (Å²) in [6.07, 6.45) is 5.06. The van der Waals surface area contributed by atoms with Gasteiger partial charge < -0.3 is 19.1 Å². The number of anilines is 2. The van der Waals surface area contributed by atoms with Gasteiger partial charge in [0.15, 0.2) is 11.5 Å². The van der Waals surface area contributed by atoms with Crippen LogP contribution in [0.1, 0.15) is 0 Å². The highest BCUT2D eigenvalue weighted by molar-refractivity contribution is 5.83. The van der Waals surface area contributed by atoms with Crippen molar-refractivity contribution in [3.05, 3.63) is 24.9 Å². The van der Waals surface area contributed by atoms with E-state index < -0.39 is 0 Å². The first-order valence-electron chi connectivity index (χ1n) is 7.75. The summed E-state index contributed by atoms with van der Waals surface area (Å²) >= 11 is 0. The van der Waals surface area contributed by atoms with Crippen molar-refractivity contribution in [2.24, 2.45) is 7.05 Å². The number of aryl methyl sites for hydroxylation is 1. The number of fused-ring (bicyclic) bond motifs is 1. The van der Waals surface area contributed by atoms with Crippen molar-refractivity contribution >= 4 is 22.9 Å². The normalized spacial score (nSPS) is 15.1. The maximum atomic E-state index is 5.17. The Morgan fingerprint density at radius 2 is 1.79 bits per heavy atom. The van der Waals surface area contributed by atoms with Gasteiger partial charge in [-0.25, -0.2) is 19.9 Å². The van der Waals surface area contributed by atoms with E-state index in [0.717, 1.165) is 43.2 Å². The summed E-state index contributed by atoms with van der Waals surface area (Å²) in [6.45, 7) is 3.29. The van der Waals surface area contributed by atoms with Crippen LogP contribution in [0.25, 0.3) is 11.2 Å². The third-order valence-electron chi connectivity index (χ3n) is 4.18. The molecule has 0 saturated carbocycles. The molecule has 0 amide bonds. The third-order valence-corrected chi connectivity index (χ3v) is 4.18. The van der Waals surface area contributed by atoms with Crippen LogP contribution in [-0.2, 0) is 7.05 Å². The van der Waals surface area contributed by atoms with Gasteiger partial charge in [0.05, 0.1) is 13.4 Å². The minimum atomic E-state index is 0.579. The largest absolute Gasteiger partial charge is 0.481 e. The summed E-state index contributed by atoms with van der Waals surface area (Å²) in [5.74, 6) is 2.20. The Balaban J connectivity index is 1.54. The van der Waals surface area contributed by atoms with Crippen molar-refractivity contribution in [3.63, 3.8) is 0 Å². The van der Waals surface area contributed by atoms with Crippen molar-refractivity contribution in [2.75, 3.05) is 43.1 Å². The van der Waals surface area contributed by atoms with Crippen LogP contribution in [0.2, 0.25) is 0 Å². The van der Waals surface area contributed by atoms with Crippen molar-refractivity contribution in [1.29, 1.82) is 0 Å². The quantitative estimate of drug-likeness (QED) is 0.687. The zero-order valence-corrected chi connectivity index (χ0v) is 13.6. The number of hydrogen-bond donors (Lipinski definition) is 0. The minimum absolute atomic E-state index is 0.579. The summed E-state index contributed by atoms with van der Waals surface area (Å²) in [5.41, 5.74) is 1.68. The highest BCUT2D eigenvalue weighted by Crippen LogP contribution is 2.23. The van der Waals surface area contributed by atoms with Crippen LogP contribution in [0.15, 0.2) is 24.9 Å². The predicted molar refractivity (Wildman–Crippen MR) is 89.3 cm³/mol. The first-order valence-corrected chi connectivity index (χ1v) is 7.75. The molecule has 0 aliphatic carbocycles. The Hall–Kier alpha value is -2.97. The monoisotopic (exact) mass is 326 g/mol. The van der Waals surface area contributed by atoms with E-state index in [1.54, 1.807) is 32.0 Å². The van der Waals surface area contributed by atoms with Crippen LogP contribution in [0.4, 0.5) is 11.8 Å². The Morgan fingerprint density at radius 3 is 2.58 bits per heavy atom. The Bertz CT molecular complexity index is 856. The maximum absolute atomic E-state index is 5.17. The molecule has 1 aliphatic rings. The van der Waals surface area contributed by atoms with Crippen LogP contribution >= 0.6 is 0 Å². The van der Waals surface area contributed by atoms with Gasteiger partial charge in [0.1, 0.15) is 11.8 Å². The van der Waals surface area contributed by atoms with Gasteiger partial charge in [0, 0.05) is 45.5 Å². The fourth-order valence-electron chi connectivity index (χ4n) is 2.92. The summed E-state index contributed by atoms with van der Waals surface area (Å²) in [4.78, 5) is 26.1. The van der Waals surface area contributed by atoms with Gasteiger partial charge in [-0.1, -0.05) is 0 Å². The van der Waals surface area contributed by atoms with Crippen LogP contribution in [-0.4, -0.2) is 62.8 Å². The van der Waals surface area contributed by atoms with Crippen LogP contribution in [0, 0.1) is 0 Å². The first-order chi connectivity index (χ1) is 11.8. The minimum Gasteiger partial charge on any atom is -0.481 e. The van der Waals surface area contributed by atoms with Crippen molar-refractivity contribution < 1.29 is 4.74 Å². The number of nitrogens with zero attached hydrogens (tertiary/aromatic N) is 8. The Labute approximate surface area is 139 Å². The molecule has 3 aromatic heterocycles. The van der Waals surface area contributed by atoms with Gasteiger partial charge >= 0.3 is 0 Å². The molecule has 4 heterocycles. The van der Waals surface area contributed by atoms with E-state index in [1.807, 2.05) is 11.6 Å². The van der Waals surface area contributed by atoms with Crippen LogP contribution in [0.5, 0.6) is 5.88 Å². The molecule has 0 bridgehead atoms. The predicted octanol–water partition coefficient (Wildman–Crippen LogP) is 0.488. The number of hydrogen-bond acceptors (Lipinski definition) is 8. The molecule has 9 nitrogen and oxygen atoms in total. The van der Waals surface area contributed by atoms with E-state index in [4.69, 9.17) is 4.74 Å². The molecular formula is C15H18N8O. The zero-order valence-electron chi connectivity index (χ0n) is 13.6. The average Bonchev–Trinajstić information content (AvgIpc) is 3.03. The van der Waals surface area contributed by atoms with E-state index in [-0.39, 0.29) is 0 Å². The molecule has 9 heteroatoms. The first kappa shape index (κ1) is 14.6. The van der Waals surface area contributed by atoms with Crippen molar-refractivity contribution in [2.45, 2.75) is 0 Å². The van der Waals surface area contributed by atoms with Gasteiger partial charge in [-0.15, -0.1) is 0 Å². The van der Waals surface area contributed by atoms with Gasteiger partial charge in [-0.2, -0.15) is 4.98 Å². The number of imidazole rings is 1. The fraction of sp³-hybridized carbons (Fsp3) is 0.400. The molecule has 1 saturated heterocycles. The summed E-state index contributed by atoms with van der Waals surface area (Å²) in [6, 6.07) is 1.75. The van der Waals surface area contributed by atoms with Gasteiger partial charge in [0.2, 0.25) is 11.8 Å². The van der Waals surface area contributed by atoms with Crippen molar-refractivity contribution in [1.82, 2.24) is 29.5 Å². The van der Waals surface area contributed by atoms with E-state index in [0.29, 0.717) is 11.8 Å². The Kier molecular flexibility index (Phi) is 3.60. The molecular weight excluding hydrogens is 308 g/mol. The maximum Gasteiger partial charge on any atom is 0.228 e. The molecule has 0 N–H and O–H groups in total. The van der Waals surface area contributed by atoms with Gasteiger partial charge in [0.25, 0.3) is 0 Å². The number of ether oxygens (including phenoxy) is 1. The van der Waals surface area contributed by atoms with E-state index in [9.17, 15) is 0 Å². The number of piperazine rings is 1. The molecule has 0 spiro atoms. The van der Waals surface area contributed by atoms with E-state index >= 15 is 0 Å². The summed E-state index contributed by atoms with van der Waals surface area (Å²) < 4.78 is 7.13. The second-order valence-electron chi connectivity index (χ2n) is 5.60. The molecule has 1 fully saturated rings. The lowest BCUT2D eigenvalue weighted by Crippen LogP contribution is -2.47. The lowest BCUT2D eigenvalue weighted by molar-refractivity contribution is 0.396. The van der Waals surface area contributed by atoms with E-state index in [2.05, 4.69) is 34.7 Å². The lowest BCUT2D eigenvalue weighted by Gasteiger charge is -2.35. The SMILES string of the molecule is COc1ccnc(N2CCN(c3ncnc4ncn(C)c34)CC2)n1. The second-order valence-corrected chi connectivity index (χ2v) is 5.60. The highest BCUT2D eigenvalue weighted by Gasteiger charge is 2.23. The van der Waals surface area contributed by atoms with Crippen molar-refractivity contribution in [3.8, 4) is 5.88 Å². The molecule has 4 rings (SSSR count).